The van der Waals surface area contributed by atoms with E-state index in [1.54, 1.807) is 0 Å². The molecule has 0 radical (unpaired) electrons. The molecule has 0 atom stereocenters. The monoisotopic (exact) mass is 120 g/mol. The molecule has 0 saturated heterocycles. The lowest BCUT2D eigenvalue weighted by Gasteiger charge is -1.71. The average Bonchev–Trinajstić information content (AvgIpc) is 1.80. The van der Waals surface area contributed by atoms with Gasteiger partial charge in [0.25, 0.3) is 0 Å². The van der Waals surface area contributed by atoms with Gasteiger partial charge in [-0.1, -0.05) is 17.5 Å². The highest BCUT2D eigenvalue weighted by Crippen LogP contribution is 1.82. The van der Waals surface area contributed by atoms with E-state index in [2.05, 4.69) is 18.0 Å². The molecule has 0 aliphatic carbocycles. The number of rotatable bonds is 2. The number of hydrogen-bond acceptors (Lipinski definition) is 0. The maximum Gasteiger partial charge on any atom is -0.00892 e. The molecule has 0 aliphatic heterocycles. The Bertz CT molecular complexity index is 168. The van der Waals surface area contributed by atoms with E-state index in [0.717, 1.165) is 12.0 Å². The second-order valence-electron chi connectivity index (χ2n) is 2.00. The fraction of sp³-hybridized carbons (Fsp3) is 0.333. The molecule has 9 heavy (non-hydrogen) atoms. The van der Waals surface area contributed by atoms with E-state index in [4.69, 9.17) is 0 Å². The van der Waals surface area contributed by atoms with E-state index >= 15 is 0 Å². The van der Waals surface area contributed by atoms with Crippen molar-refractivity contribution in [3.8, 4) is 0 Å². The lowest BCUT2D eigenvalue weighted by atomic mass is 10.3. The zero-order valence-corrected chi connectivity index (χ0v) is 6.07. The predicted octanol–water partition coefficient (Wildman–Crippen LogP) is 2.84. The van der Waals surface area contributed by atoms with Crippen molar-refractivity contribution in [2.45, 2.75) is 20.3 Å². The topological polar surface area (TPSA) is 0 Å². The fourth-order valence-electron chi connectivity index (χ4n) is 0.338. The first-order chi connectivity index (χ1) is 4.27. The van der Waals surface area contributed by atoms with Crippen LogP contribution in [0.3, 0.4) is 0 Å². The Morgan fingerprint density at radius 1 is 1.56 bits per heavy atom. The Hall–Kier alpha value is -0.960. The Morgan fingerprint density at radius 2 is 2.22 bits per heavy atom. The fourth-order valence-corrected chi connectivity index (χ4v) is 0.338. The molecule has 0 rings (SSSR count). The summed E-state index contributed by atoms with van der Waals surface area (Å²) in [5, 5.41) is 0. The van der Waals surface area contributed by atoms with Gasteiger partial charge in [0.2, 0.25) is 0 Å². The molecule has 0 aromatic rings. The van der Waals surface area contributed by atoms with Crippen molar-refractivity contribution >= 4 is 0 Å². The number of allylic oxidation sites excluding steroid dienone is 3. The van der Waals surface area contributed by atoms with Crippen LogP contribution in [-0.4, -0.2) is 0 Å². The second-order valence-corrected chi connectivity index (χ2v) is 2.00. The Kier molecular flexibility index (Phi) is 4.63. The van der Waals surface area contributed by atoms with Crippen LogP contribution in [0.15, 0.2) is 35.8 Å². The van der Waals surface area contributed by atoms with Gasteiger partial charge in [-0.3, -0.25) is 0 Å². The summed E-state index contributed by atoms with van der Waals surface area (Å²) in [7, 11) is 0. The van der Waals surface area contributed by atoms with Crippen molar-refractivity contribution in [3.05, 3.63) is 35.8 Å². The largest absolute Gasteiger partial charge is 0.103 e. The molecule has 0 aromatic heterocycles. The van der Waals surface area contributed by atoms with E-state index in [0.29, 0.717) is 0 Å². The lowest BCUT2D eigenvalue weighted by Crippen LogP contribution is -1.52. The third kappa shape index (κ3) is 7.04. The zero-order chi connectivity index (χ0) is 7.11. The highest BCUT2D eigenvalue weighted by molar-refractivity contribution is 4.95. The molecule has 0 heterocycles. The molecule has 0 nitrogen and oxygen atoms in total. The van der Waals surface area contributed by atoms with Gasteiger partial charge in [-0.15, -0.1) is 6.58 Å². The van der Waals surface area contributed by atoms with Gasteiger partial charge in [-0.2, -0.15) is 0 Å². The van der Waals surface area contributed by atoms with E-state index in [-0.39, 0.29) is 0 Å². The van der Waals surface area contributed by atoms with Gasteiger partial charge in [0, 0.05) is 0 Å². The highest BCUT2D eigenvalue weighted by atomic mass is 13.7. The van der Waals surface area contributed by atoms with Gasteiger partial charge in [0.05, 0.1) is 0 Å². The van der Waals surface area contributed by atoms with Gasteiger partial charge in [0.15, 0.2) is 0 Å². The molecule has 0 N–H and O–H groups in total. The van der Waals surface area contributed by atoms with Crippen LogP contribution in [0.5, 0.6) is 0 Å². The average molecular weight is 120 g/mol. The van der Waals surface area contributed by atoms with E-state index in [9.17, 15) is 0 Å². The molecular weight excluding hydrogens is 108 g/mol. The van der Waals surface area contributed by atoms with Gasteiger partial charge in [0.1, 0.15) is 0 Å². The standard InChI is InChI=1S/C9H12/c1-4-5-6-7-8-9(2)3/h4,6H,1,5H2,2-3H3. The Balaban J connectivity index is 3.96. The van der Waals surface area contributed by atoms with E-state index < -0.39 is 0 Å². The van der Waals surface area contributed by atoms with Crippen LogP contribution >= 0.6 is 0 Å². The molecule has 0 unspecified atom stereocenters. The molecule has 48 valence electrons. The first-order valence-corrected chi connectivity index (χ1v) is 3.01. The quantitative estimate of drug-likeness (QED) is 0.388. The smallest absolute Gasteiger partial charge is 0.00892 e. The first-order valence-electron chi connectivity index (χ1n) is 3.01. The number of hydrogen-bond donors (Lipinski definition) is 0. The lowest BCUT2D eigenvalue weighted by molar-refractivity contribution is 1.39. The van der Waals surface area contributed by atoms with Crippen LogP contribution < -0.4 is 0 Å². The van der Waals surface area contributed by atoms with Gasteiger partial charge in [-0.05, 0) is 31.9 Å². The maximum absolute atomic E-state index is 3.57. The SMILES string of the molecule is C=CCC=C=C=C(C)C. The molecule has 0 heteroatoms. The third-order valence-electron chi connectivity index (χ3n) is 0.709. The van der Waals surface area contributed by atoms with E-state index in [1.165, 1.54) is 0 Å². The second kappa shape index (κ2) is 5.18. The summed E-state index contributed by atoms with van der Waals surface area (Å²) >= 11 is 0. The van der Waals surface area contributed by atoms with Crippen LogP contribution in [0.4, 0.5) is 0 Å². The van der Waals surface area contributed by atoms with Gasteiger partial charge >= 0.3 is 0 Å². The molecule has 0 aliphatic rings. The summed E-state index contributed by atoms with van der Waals surface area (Å²) in [6.07, 6.45) is 4.61. The minimum Gasteiger partial charge on any atom is -0.103 e. The van der Waals surface area contributed by atoms with Crippen LogP contribution in [0, 0.1) is 0 Å². The van der Waals surface area contributed by atoms with E-state index in [1.807, 2.05) is 26.0 Å². The van der Waals surface area contributed by atoms with Crippen molar-refractivity contribution in [2.75, 3.05) is 0 Å². The van der Waals surface area contributed by atoms with Crippen molar-refractivity contribution in [1.82, 2.24) is 0 Å². The minimum absolute atomic E-state index is 0.875. The van der Waals surface area contributed by atoms with Crippen LogP contribution in [-0.2, 0) is 0 Å². The molecule has 0 aromatic carbocycles. The van der Waals surface area contributed by atoms with Crippen LogP contribution in [0.2, 0.25) is 0 Å². The third-order valence-corrected chi connectivity index (χ3v) is 0.709. The predicted molar refractivity (Wildman–Crippen MR) is 41.3 cm³/mol. The van der Waals surface area contributed by atoms with Gasteiger partial charge < -0.3 is 0 Å². The summed E-state index contributed by atoms with van der Waals surface area (Å²) in [6, 6.07) is 0. The summed E-state index contributed by atoms with van der Waals surface area (Å²) in [6.45, 7) is 7.56. The van der Waals surface area contributed by atoms with Crippen molar-refractivity contribution < 1.29 is 0 Å². The molecule has 0 amide bonds. The van der Waals surface area contributed by atoms with Crippen LogP contribution in [0.25, 0.3) is 0 Å². The maximum atomic E-state index is 3.57. The zero-order valence-electron chi connectivity index (χ0n) is 6.07. The van der Waals surface area contributed by atoms with Crippen molar-refractivity contribution in [1.29, 1.82) is 0 Å². The minimum atomic E-state index is 0.875. The molecule has 0 fully saturated rings. The summed E-state index contributed by atoms with van der Waals surface area (Å²) in [4.78, 5) is 0. The van der Waals surface area contributed by atoms with Crippen LogP contribution in [0.1, 0.15) is 20.3 Å². The molecule has 0 saturated carbocycles. The molecule has 0 spiro atoms. The Labute approximate surface area is 56.9 Å². The van der Waals surface area contributed by atoms with Crippen molar-refractivity contribution in [3.63, 3.8) is 0 Å². The molecule has 0 bridgehead atoms. The summed E-state index contributed by atoms with van der Waals surface area (Å²) in [5.74, 6) is 0. The summed E-state index contributed by atoms with van der Waals surface area (Å²) in [5.41, 5.74) is 6.99. The highest BCUT2D eigenvalue weighted by Gasteiger charge is 1.63. The Morgan fingerprint density at radius 3 is 2.67 bits per heavy atom. The normalized spacial score (nSPS) is 6.89. The molecular formula is C9H12. The van der Waals surface area contributed by atoms with Gasteiger partial charge in [-0.25, -0.2) is 0 Å². The van der Waals surface area contributed by atoms with Crippen molar-refractivity contribution in [2.24, 2.45) is 0 Å². The summed E-state index contributed by atoms with van der Waals surface area (Å²) < 4.78 is 0. The first kappa shape index (κ1) is 8.04.